The number of pyridine rings is 2. The van der Waals surface area contributed by atoms with Crippen LogP contribution in [0.5, 0.6) is 0 Å². The number of amides is 1. The Hall–Kier alpha value is -2.98. The highest BCUT2D eigenvalue weighted by molar-refractivity contribution is 6.02. The predicted octanol–water partition coefficient (Wildman–Crippen LogP) is 2.37. The zero-order valence-electron chi connectivity index (χ0n) is 14.2. The summed E-state index contributed by atoms with van der Waals surface area (Å²) in [5.41, 5.74) is 0.614. The summed E-state index contributed by atoms with van der Waals surface area (Å²) in [6.07, 6.45) is 5.74. The molecule has 0 aromatic carbocycles. The van der Waals surface area contributed by atoms with Gasteiger partial charge in [-0.1, -0.05) is 6.07 Å². The molecule has 1 saturated heterocycles. The SMILES string of the molecule is N#C[C@@]1(C2CC2)CCN(c2ccnc(Nc3ccc(CO)cn3)c2)C1=O. The lowest BCUT2D eigenvalue weighted by Gasteiger charge is -2.21. The maximum atomic E-state index is 12.9. The molecule has 0 radical (unpaired) electrons. The molecule has 2 aliphatic rings. The number of nitriles is 1. The number of aliphatic hydroxyl groups is 1. The summed E-state index contributed by atoms with van der Waals surface area (Å²) < 4.78 is 0. The Balaban J connectivity index is 1.54. The van der Waals surface area contributed by atoms with Gasteiger partial charge in [-0.3, -0.25) is 4.79 Å². The van der Waals surface area contributed by atoms with Gasteiger partial charge in [-0.05, 0) is 42.9 Å². The summed E-state index contributed by atoms with van der Waals surface area (Å²) >= 11 is 0. The molecule has 1 amide bonds. The maximum absolute atomic E-state index is 12.9. The largest absolute Gasteiger partial charge is 0.392 e. The van der Waals surface area contributed by atoms with E-state index in [4.69, 9.17) is 5.11 Å². The highest BCUT2D eigenvalue weighted by Gasteiger charge is 2.56. The van der Waals surface area contributed by atoms with Crippen LogP contribution in [-0.4, -0.2) is 27.5 Å². The Kier molecular flexibility index (Phi) is 4.05. The van der Waals surface area contributed by atoms with Crippen LogP contribution in [0.4, 0.5) is 17.3 Å². The van der Waals surface area contributed by atoms with Crippen molar-refractivity contribution in [3.8, 4) is 6.07 Å². The van der Waals surface area contributed by atoms with Crippen LogP contribution in [0.2, 0.25) is 0 Å². The second-order valence-corrected chi connectivity index (χ2v) is 6.80. The van der Waals surface area contributed by atoms with E-state index in [2.05, 4.69) is 21.4 Å². The van der Waals surface area contributed by atoms with Crippen LogP contribution in [-0.2, 0) is 11.4 Å². The second-order valence-electron chi connectivity index (χ2n) is 6.80. The van der Waals surface area contributed by atoms with Crippen LogP contribution in [0.1, 0.15) is 24.8 Å². The van der Waals surface area contributed by atoms with Crippen LogP contribution in [0.3, 0.4) is 0 Å². The highest BCUT2D eigenvalue weighted by atomic mass is 16.3. The normalized spacial score (nSPS) is 22.3. The Morgan fingerprint density at radius 2 is 2.15 bits per heavy atom. The summed E-state index contributed by atoms with van der Waals surface area (Å²) in [6, 6.07) is 9.41. The van der Waals surface area contributed by atoms with E-state index < -0.39 is 5.41 Å². The minimum absolute atomic E-state index is 0.0558. The summed E-state index contributed by atoms with van der Waals surface area (Å²) in [5, 5.41) is 21.8. The molecular weight excluding hydrogens is 330 g/mol. The Morgan fingerprint density at radius 3 is 2.81 bits per heavy atom. The van der Waals surface area contributed by atoms with Crippen molar-refractivity contribution in [1.82, 2.24) is 9.97 Å². The predicted molar refractivity (Wildman–Crippen MR) is 95.4 cm³/mol. The van der Waals surface area contributed by atoms with E-state index in [9.17, 15) is 10.1 Å². The first-order valence-corrected chi connectivity index (χ1v) is 8.68. The maximum Gasteiger partial charge on any atom is 0.247 e. The lowest BCUT2D eigenvalue weighted by molar-refractivity contribution is -0.123. The zero-order chi connectivity index (χ0) is 18.1. The van der Waals surface area contributed by atoms with Crippen LogP contribution >= 0.6 is 0 Å². The number of hydrogen-bond donors (Lipinski definition) is 2. The number of rotatable bonds is 5. The molecule has 1 aliphatic heterocycles. The smallest absolute Gasteiger partial charge is 0.247 e. The van der Waals surface area contributed by atoms with Crippen molar-refractivity contribution in [3.63, 3.8) is 0 Å². The van der Waals surface area contributed by atoms with Gasteiger partial charge in [-0.25, -0.2) is 9.97 Å². The second kappa shape index (κ2) is 6.39. The van der Waals surface area contributed by atoms with Crippen molar-refractivity contribution < 1.29 is 9.90 Å². The van der Waals surface area contributed by atoms with E-state index in [-0.39, 0.29) is 18.4 Å². The fourth-order valence-electron chi connectivity index (χ4n) is 3.51. The molecule has 1 saturated carbocycles. The summed E-state index contributed by atoms with van der Waals surface area (Å²) in [4.78, 5) is 23.1. The molecule has 26 heavy (non-hydrogen) atoms. The first-order valence-electron chi connectivity index (χ1n) is 8.68. The van der Waals surface area contributed by atoms with Crippen LogP contribution in [0, 0.1) is 22.7 Å². The van der Waals surface area contributed by atoms with E-state index in [1.54, 1.807) is 41.6 Å². The molecule has 2 aromatic rings. The topological polar surface area (TPSA) is 102 Å². The third-order valence-corrected chi connectivity index (χ3v) is 5.15. The molecule has 0 spiro atoms. The third kappa shape index (κ3) is 2.78. The number of carbonyl (C=O) groups is 1. The summed E-state index contributed by atoms with van der Waals surface area (Å²) in [6.45, 7) is 0.496. The Morgan fingerprint density at radius 1 is 1.31 bits per heavy atom. The highest BCUT2D eigenvalue weighted by Crippen LogP contribution is 2.51. The van der Waals surface area contributed by atoms with Gasteiger partial charge in [-0.15, -0.1) is 0 Å². The van der Waals surface area contributed by atoms with Gasteiger partial charge in [0.1, 0.15) is 17.1 Å². The quantitative estimate of drug-likeness (QED) is 0.859. The Labute approximate surface area is 151 Å². The van der Waals surface area contributed by atoms with E-state index in [0.29, 0.717) is 24.6 Å². The lowest BCUT2D eigenvalue weighted by Crippen LogP contribution is -2.35. The third-order valence-electron chi connectivity index (χ3n) is 5.15. The van der Waals surface area contributed by atoms with E-state index >= 15 is 0 Å². The molecule has 7 heteroatoms. The molecule has 1 aliphatic carbocycles. The van der Waals surface area contributed by atoms with Crippen molar-refractivity contribution in [1.29, 1.82) is 5.26 Å². The van der Waals surface area contributed by atoms with Gasteiger partial charge in [0.2, 0.25) is 5.91 Å². The van der Waals surface area contributed by atoms with Crippen molar-refractivity contribution in [2.24, 2.45) is 11.3 Å². The van der Waals surface area contributed by atoms with Gasteiger partial charge in [0.25, 0.3) is 0 Å². The molecule has 7 nitrogen and oxygen atoms in total. The molecule has 2 N–H and O–H groups in total. The zero-order valence-corrected chi connectivity index (χ0v) is 14.2. The first kappa shape index (κ1) is 16.5. The number of nitrogens with one attached hydrogen (secondary N) is 1. The van der Waals surface area contributed by atoms with Crippen molar-refractivity contribution in [3.05, 3.63) is 42.2 Å². The number of aromatic nitrogens is 2. The molecule has 2 aromatic heterocycles. The Bertz CT molecular complexity index is 872. The number of anilines is 3. The number of carbonyl (C=O) groups excluding carboxylic acids is 1. The van der Waals surface area contributed by atoms with Gasteiger partial charge in [-0.2, -0.15) is 5.26 Å². The summed E-state index contributed by atoms with van der Waals surface area (Å²) in [7, 11) is 0. The number of nitrogens with zero attached hydrogens (tertiary/aromatic N) is 4. The van der Waals surface area contributed by atoms with Gasteiger partial charge >= 0.3 is 0 Å². The minimum atomic E-state index is -0.849. The van der Waals surface area contributed by atoms with Crippen LogP contribution in [0.25, 0.3) is 0 Å². The molecule has 2 fully saturated rings. The fraction of sp³-hybridized carbons (Fsp3) is 0.368. The number of aliphatic hydroxyl groups excluding tert-OH is 1. The average molecular weight is 349 g/mol. The van der Waals surface area contributed by atoms with Gasteiger partial charge in [0.15, 0.2) is 0 Å². The molecule has 132 valence electrons. The molecule has 3 heterocycles. The van der Waals surface area contributed by atoms with Crippen molar-refractivity contribution in [2.75, 3.05) is 16.8 Å². The van der Waals surface area contributed by atoms with Crippen molar-refractivity contribution >= 4 is 23.2 Å². The van der Waals surface area contributed by atoms with Crippen molar-refractivity contribution in [2.45, 2.75) is 25.9 Å². The van der Waals surface area contributed by atoms with Gasteiger partial charge in [0.05, 0.1) is 12.7 Å². The minimum Gasteiger partial charge on any atom is -0.392 e. The van der Waals surface area contributed by atoms with Crippen LogP contribution < -0.4 is 10.2 Å². The number of hydrogen-bond acceptors (Lipinski definition) is 6. The van der Waals surface area contributed by atoms with Gasteiger partial charge < -0.3 is 15.3 Å². The summed E-state index contributed by atoms with van der Waals surface area (Å²) in [5.74, 6) is 1.29. The lowest BCUT2D eigenvalue weighted by atomic mass is 9.83. The van der Waals surface area contributed by atoms with E-state index in [0.717, 1.165) is 24.1 Å². The average Bonchev–Trinajstić information content (AvgIpc) is 3.47. The molecule has 1 atom stereocenters. The monoisotopic (exact) mass is 349 g/mol. The standard InChI is InChI=1S/C19H19N5O2/c20-12-19(14-2-3-14)6-8-24(18(19)26)15-5-7-21-17(9-15)23-16-4-1-13(11-25)10-22-16/h1,4-5,7,9-10,14,25H,2-3,6,8,11H2,(H,21,22,23)/t19-/m1/s1. The van der Waals surface area contributed by atoms with Crippen LogP contribution in [0.15, 0.2) is 36.7 Å². The molecular formula is C19H19N5O2. The first-order chi connectivity index (χ1) is 12.7. The molecule has 4 rings (SSSR count). The molecule has 0 unspecified atom stereocenters. The molecule has 0 bridgehead atoms. The van der Waals surface area contributed by atoms with Gasteiger partial charge in [0, 0.05) is 30.7 Å². The van der Waals surface area contributed by atoms with E-state index in [1.807, 2.05) is 0 Å². The van der Waals surface area contributed by atoms with E-state index in [1.165, 1.54) is 0 Å². The fourth-order valence-corrected chi connectivity index (χ4v) is 3.51.